The zero-order valence-corrected chi connectivity index (χ0v) is 19.0. The van der Waals surface area contributed by atoms with E-state index in [0.717, 1.165) is 5.75 Å². The van der Waals surface area contributed by atoms with E-state index in [0.29, 0.717) is 6.42 Å². The fourth-order valence-electron chi connectivity index (χ4n) is 3.17. The largest absolute Gasteiger partial charge is 0.345 e. The summed E-state index contributed by atoms with van der Waals surface area (Å²) < 4.78 is 0. The van der Waals surface area contributed by atoms with Gasteiger partial charge < -0.3 is 5.32 Å². The molecule has 1 N–H and O–H groups in total. The van der Waals surface area contributed by atoms with Crippen molar-refractivity contribution in [3.05, 3.63) is 0 Å². The lowest BCUT2D eigenvalue weighted by Gasteiger charge is -2.19. The maximum atomic E-state index is 11.3. The van der Waals surface area contributed by atoms with Crippen molar-refractivity contribution in [2.24, 2.45) is 0 Å². The van der Waals surface area contributed by atoms with E-state index in [-0.39, 0.29) is 16.8 Å². The molecule has 5 heteroatoms. The summed E-state index contributed by atoms with van der Waals surface area (Å²) in [6, 6.07) is -0.513. The molecule has 0 heterocycles. The van der Waals surface area contributed by atoms with Crippen molar-refractivity contribution in [3.63, 3.8) is 0 Å². The Kier molecular flexibility index (Phi) is 18.0. The molecule has 0 aromatic carbocycles. The molecule has 2 atom stereocenters. The molecule has 0 rings (SSSR count). The Morgan fingerprint density at radius 3 is 1.73 bits per heavy atom. The van der Waals surface area contributed by atoms with Crippen molar-refractivity contribution >= 4 is 33.6 Å². The number of hydrogen-bond acceptors (Lipinski definition) is 2. The predicted octanol–water partition coefficient (Wildman–Crippen LogP) is 5.98. The van der Waals surface area contributed by atoms with Gasteiger partial charge in [0, 0.05) is 6.92 Å². The molecule has 3 nitrogen and oxygen atoms in total. The van der Waals surface area contributed by atoms with E-state index in [1.54, 1.807) is 0 Å². The first-order valence-corrected chi connectivity index (χ1v) is 13.2. The van der Waals surface area contributed by atoms with E-state index in [1.807, 2.05) is 0 Å². The highest BCUT2D eigenvalue weighted by atomic mass is 35.5. The Morgan fingerprint density at radius 2 is 1.31 bits per heavy atom. The van der Waals surface area contributed by atoms with Gasteiger partial charge in [0.15, 0.2) is 0 Å². The zero-order chi connectivity index (χ0) is 19.6. The van der Waals surface area contributed by atoms with Crippen LogP contribution in [0.2, 0.25) is 0 Å². The molecule has 0 spiro atoms. The van der Waals surface area contributed by atoms with E-state index < -0.39 is 11.3 Å². The van der Waals surface area contributed by atoms with E-state index in [9.17, 15) is 9.59 Å². The van der Waals surface area contributed by atoms with Crippen molar-refractivity contribution in [2.75, 3.05) is 17.8 Å². The summed E-state index contributed by atoms with van der Waals surface area (Å²) >= 11 is 5.55. The normalized spacial score (nSPS) is 14.1. The van der Waals surface area contributed by atoms with Gasteiger partial charge in [-0.1, -0.05) is 77.6 Å². The van der Waals surface area contributed by atoms with Gasteiger partial charge in [0.25, 0.3) is 0 Å². The summed E-state index contributed by atoms with van der Waals surface area (Å²) in [5, 5.41) is 2.19. The Labute approximate surface area is 169 Å². The van der Waals surface area contributed by atoms with Gasteiger partial charge in [0.2, 0.25) is 11.1 Å². The molecule has 26 heavy (non-hydrogen) atoms. The van der Waals surface area contributed by atoms with Crippen LogP contribution in [0.4, 0.5) is 0 Å². The summed E-state index contributed by atoms with van der Waals surface area (Å²) in [6.45, 7) is 3.69. The SMILES string of the molecule is CCCCCCCCCCCCCC[SH](C)CC[C@@H](NC(C)=O)C(=O)Cl. The van der Waals surface area contributed by atoms with Crippen molar-refractivity contribution in [1.29, 1.82) is 0 Å². The van der Waals surface area contributed by atoms with Crippen LogP contribution in [0.1, 0.15) is 97.3 Å². The van der Waals surface area contributed by atoms with Crippen LogP contribution >= 0.6 is 22.5 Å². The first-order chi connectivity index (χ1) is 12.5. The highest BCUT2D eigenvalue weighted by molar-refractivity contribution is 8.16. The average molecular weight is 408 g/mol. The van der Waals surface area contributed by atoms with Crippen LogP contribution in [0.3, 0.4) is 0 Å². The van der Waals surface area contributed by atoms with Gasteiger partial charge in [-0.15, -0.1) is 0 Å². The quantitative estimate of drug-likeness (QED) is 0.167. The highest BCUT2D eigenvalue weighted by Gasteiger charge is 2.17. The maximum absolute atomic E-state index is 11.3. The van der Waals surface area contributed by atoms with Crippen molar-refractivity contribution in [1.82, 2.24) is 5.32 Å². The highest BCUT2D eigenvalue weighted by Crippen LogP contribution is 2.24. The van der Waals surface area contributed by atoms with Crippen LogP contribution in [0, 0.1) is 0 Å². The lowest BCUT2D eigenvalue weighted by Crippen LogP contribution is -2.38. The van der Waals surface area contributed by atoms with Crippen LogP contribution in [0.25, 0.3) is 0 Å². The summed E-state index contributed by atoms with van der Waals surface area (Å²) in [5.74, 6) is 2.07. The fraction of sp³-hybridized carbons (Fsp3) is 0.905. The summed E-state index contributed by atoms with van der Waals surface area (Å²) in [7, 11) is -0.0629. The van der Waals surface area contributed by atoms with Crippen LogP contribution in [-0.4, -0.2) is 35.0 Å². The molecule has 0 aromatic heterocycles. The predicted molar refractivity (Wildman–Crippen MR) is 119 cm³/mol. The monoisotopic (exact) mass is 407 g/mol. The Balaban J connectivity index is 3.47. The summed E-state index contributed by atoms with van der Waals surface area (Å²) in [6.07, 6.45) is 19.5. The molecular weight excluding hydrogens is 366 g/mol. The molecule has 0 saturated heterocycles. The molecule has 0 bridgehead atoms. The number of hydrogen-bond donors (Lipinski definition) is 2. The van der Waals surface area contributed by atoms with Gasteiger partial charge in [-0.05, 0) is 42.2 Å². The number of thiol groups is 1. The molecular formula is C21H42ClNO2S. The zero-order valence-electron chi connectivity index (χ0n) is 17.3. The number of rotatable bonds is 18. The number of unbranched alkanes of at least 4 members (excludes halogenated alkanes) is 11. The molecule has 0 aliphatic carbocycles. The average Bonchev–Trinajstić information content (AvgIpc) is 2.59. The Bertz CT molecular complexity index is 366. The summed E-state index contributed by atoms with van der Waals surface area (Å²) in [4.78, 5) is 22.4. The minimum atomic E-state index is -0.513. The molecule has 0 saturated carbocycles. The molecule has 0 aromatic rings. The van der Waals surface area contributed by atoms with Crippen molar-refractivity contribution < 1.29 is 9.59 Å². The number of halogens is 1. The number of carbonyl (C=O) groups is 2. The second-order valence-corrected chi connectivity index (χ2v) is 10.5. The molecule has 0 fully saturated rings. The second kappa shape index (κ2) is 18.2. The van der Waals surface area contributed by atoms with E-state index in [2.05, 4.69) is 18.5 Å². The van der Waals surface area contributed by atoms with Crippen LogP contribution < -0.4 is 5.32 Å². The molecule has 0 aliphatic heterocycles. The van der Waals surface area contributed by atoms with Gasteiger partial charge in [0.05, 0.1) is 0 Å². The van der Waals surface area contributed by atoms with Gasteiger partial charge in [-0.3, -0.25) is 20.5 Å². The van der Waals surface area contributed by atoms with E-state index in [4.69, 9.17) is 11.6 Å². The van der Waals surface area contributed by atoms with Gasteiger partial charge in [-0.2, -0.15) is 0 Å². The van der Waals surface area contributed by atoms with E-state index >= 15 is 0 Å². The number of nitrogens with one attached hydrogen (secondary N) is 1. The van der Waals surface area contributed by atoms with Gasteiger partial charge >= 0.3 is 0 Å². The minimum absolute atomic E-state index is 0.0629. The van der Waals surface area contributed by atoms with Crippen molar-refractivity contribution in [2.45, 2.75) is 103 Å². The Morgan fingerprint density at radius 1 is 0.846 bits per heavy atom. The van der Waals surface area contributed by atoms with Gasteiger partial charge in [-0.25, -0.2) is 0 Å². The minimum Gasteiger partial charge on any atom is -0.345 e. The van der Waals surface area contributed by atoms with Gasteiger partial charge in [0.1, 0.15) is 6.04 Å². The summed E-state index contributed by atoms with van der Waals surface area (Å²) in [5.41, 5.74) is 0. The standard InChI is InChI=1S/C21H42ClNO2S/c1-4-5-6-7-8-9-10-11-12-13-14-15-17-26(3)18-16-20(21(22)25)23-19(2)24/h20,26H,4-18H2,1-3H3,(H,23,24)/t20-/m1/s1. The lowest BCUT2D eigenvalue weighted by molar-refractivity contribution is -0.123. The van der Waals surface area contributed by atoms with Crippen molar-refractivity contribution in [3.8, 4) is 0 Å². The molecule has 1 unspecified atom stereocenters. The topological polar surface area (TPSA) is 46.2 Å². The first-order valence-electron chi connectivity index (χ1n) is 10.6. The molecule has 0 aliphatic rings. The van der Waals surface area contributed by atoms with Crippen LogP contribution in [0.15, 0.2) is 0 Å². The third-order valence-electron chi connectivity index (χ3n) is 4.84. The molecule has 0 radical (unpaired) electrons. The lowest BCUT2D eigenvalue weighted by atomic mass is 10.1. The second-order valence-electron chi connectivity index (χ2n) is 7.54. The third kappa shape index (κ3) is 17.2. The first kappa shape index (κ1) is 25.8. The molecule has 1 amide bonds. The van der Waals surface area contributed by atoms with E-state index in [1.165, 1.54) is 89.7 Å². The number of carbonyl (C=O) groups excluding carboxylic acids is 2. The maximum Gasteiger partial charge on any atom is 0.244 e. The fourth-order valence-corrected chi connectivity index (χ4v) is 5.02. The number of amides is 1. The smallest absolute Gasteiger partial charge is 0.244 e. The molecule has 156 valence electrons. The van der Waals surface area contributed by atoms with Crippen LogP contribution in [0.5, 0.6) is 0 Å². The Hall–Kier alpha value is -0.220. The third-order valence-corrected chi connectivity index (χ3v) is 7.21. The van der Waals surface area contributed by atoms with Crippen LogP contribution in [-0.2, 0) is 9.59 Å².